The first-order valence-corrected chi connectivity index (χ1v) is 8.17. The maximum atomic E-state index is 12.1. The fourth-order valence-corrected chi connectivity index (χ4v) is 3.41. The number of rotatable bonds is 6. The molecule has 1 aliphatic rings. The van der Waals surface area contributed by atoms with Crippen molar-refractivity contribution in [3.8, 4) is 0 Å². The molecule has 1 aliphatic carbocycles. The van der Waals surface area contributed by atoms with E-state index >= 15 is 0 Å². The Kier molecular flexibility index (Phi) is 4.54. The molecule has 0 amide bonds. The van der Waals surface area contributed by atoms with E-state index in [0.717, 1.165) is 24.9 Å². The van der Waals surface area contributed by atoms with Crippen molar-refractivity contribution in [1.29, 1.82) is 0 Å². The lowest BCUT2D eigenvalue weighted by atomic mass is 9.83. The Labute approximate surface area is 114 Å². The van der Waals surface area contributed by atoms with Crippen molar-refractivity contribution < 1.29 is 8.42 Å². The van der Waals surface area contributed by atoms with Crippen molar-refractivity contribution in [3.05, 3.63) is 23.9 Å². The van der Waals surface area contributed by atoms with Crippen LogP contribution in [0.5, 0.6) is 0 Å². The molecule has 2 rings (SSSR count). The Hall–Kier alpha value is -0.980. The second kappa shape index (κ2) is 5.98. The van der Waals surface area contributed by atoms with Crippen molar-refractivity contribution >= 4 is 10.0 Å². The normalized spacial score (nSPS) is 23.1. The Bertz CT molecular complexity index is 507. The zero-order valence-electron chi connectivity index (χ0n) is 11.4. The third kappa shape index (κ3) is 3.75. The molecule has 19 heavy (non-hydrogen) atoms. The van der Waals surface area contributed by atoms with Crippen LogP contribution in [0.15, 0.2) is 23.4 Å². The van der Waals surface area contributed by atoms with Gasteiger partial charge in [0.2, 0.25) is 0 Å². The SMILES string of the molecule is CCNCc1ccc(S(=O)(=O)NC2CC(C)C2)nc1. The van der Waals surface area contributed by atoms with Crippen LogP contribution in [0.3, 0.4) is 0 Å². The first kappa shape index (κ1) is 14.4. The highest BCUT2D eigenvalue weighted by atomic mass is 32.2. The third-order valence-corrected chi connectivity index (χ3v) is 4.78. The highest BCUT2D eigenvalue weighted by Crippen LogP contribution is 2.27. The van der Waals surface area contributed by atoms with Gasteiger partial charge in [0.05, 0.1) is 0 Å². The van der Waals surface area contributed by atoms with Crippen molar-refractivity contribution in [2.45, 2.75) is 44.3 Å². The molecule has 0 radical (unpaired) electrons. The van der Waals surface area contributed by atoms with E-state index in [2.05, 4.69) is 21.9 Å². The minimum absolute atomic E-state index is 0.0724. The Balaban J connectivity index is 1.99. The van der Waals surface area contributed by atoms with E-state index in [1.165, 1.54) is 0 Å². The summed E-state index contributed by atoms with van der Waals surface area (Å²) in [5.74, 6) is 0.614. The van der Waals surface area contributed by atoms with Gasteiger partial charge >= 0.3 is 0 Å². The van der Waals surface area contributed by atoms with Crippen LogP contribution in [0, 0.1) is 5.92 Å². The zero-order valence-corrected chi connectivity index (χ0v) is 12.2. The predicted octanol–water partition coefficient (Wildman–Crippen LogP) is 1.27. The van der Waals surface area contributed by atoms with E-state index in [1.54, 1.807) is 18.3 Å². The average Bonchev–Trinajstić information content (AvgIpc) is 2.35. The number of aromatic nitrogens is 1. The van der Waals surface area contributed by atoms with Gasteiger partial charge in [0.15, 0.2) is 5.03 Å². The molecule has 5 nitrogen and oxygen atoms in total. The van der Waals surface area contributed by atoms with Crippen LogP contribution < -0.4 is 10.0 Å². The highest BCUT2D eigenvalue weighted by Gasteiger charge is 2.30. The lowest BCUT2D eigenvalue weighted by molar-refractivity contribution is 0.270. The quantitative estimate of drug-likeness (QED) is 0.825. The van der Waals surface area contributed by atoms with Crippen LogP contribution in [0.2, 0.25) is 0 Å². The topological polar surface area (TPSA) is 71.1 Å². The van der Waals surface area contributed by atoms with Gasteiger partial charge in [-0.3, -0.25) is 0 Å². The van der Waals surface area contributed by atoms with Gasteiger partial charge in [0.25, 0.3) is 10.0 Å². The van der Waals surface area contributed by atoms with Gasteiger partial charge < -0.3 is 5.32 Å². The second-order valence-corrected chi connectivity index (χ2v) is 6.84. The largest absolute Gasteiger partial charge is 0.313 e. The molecule has 0 bridgehead atoms. The van der Waals surface area contributed by atoms with Gasteiger partial charge in [-0.15, -0.1) is 0 Å². The molecule has 1 aromatic heterocycles. The van der Waals surface area contributed by atoms with Crippen LogP contribution in [-0.2, 0) is 16.6 Å². The number of hydrogen-bond donors (Lipinski definition) is 2. The molecule has 0 atom stereocenters. The van der Waals surface area contributed by atoms with Gasteiger partial charge in [-0.1, -0.05) is 19.9 Å². The summed E-state index contributed by atoms with van der Waals surface area (Å²) in [6.45, 7) is 5.73. The van der Waals surface area contributed by atoms with Gasteiger partial charge in [-0.05, 0) is 36.9 Å². The molecule has 106 valence electrons. The molecule has 0 aromatic carbocycles. The minimum atomic E-state index is -3.46. The summed E-state index contributed by atoms with van der Waals surface area (Å²) in [6.07, 6.45) is 3.44. The van der Waals surface area contributed by atoms with E-state index in [4.69, 9.17) is 0 Å². The van der Waals surface area contributed by atoms with Gasteiger partial charge in [0.1, 0.15) is 0 Å². The smallest absolute Gasteiger partial charge is 0.258 e. The molecule has 6 heteroatoms. The summed E-state index contributed by atoms with van der Waals surface area (Å²) in [5.41, 5.74) is 0.984. The Morgan fingerprint density at radius 2 is 2.11 bits per heavy atom. The monoisotopic (exact) mass is 283 g/mol. The van der Waals surface area contributed by atoms with Gasteiger partial charge in [-0.25, -0.2) is 18.1 Å². The molecule has 1 fully saturated rings. The minimum Gasteiger partial charge on any atom is -0.313 e. The molecule has 1 heterocycles. The fourth-order valence-electron chi connectivity index (χ4n) is 2.22. The number of nitrogens with one attached hydrogen (secondary N) is 2. The van der Waals surface area contributed by atoms with Crippen LogP contribution in [0.1, 0.15) is 32.3 Å². The van der Waals surface area contributed by atoms with Crippen LogP contribution in [-0.4, -0.2) is 26.0 Å². The lowest BCUT2D eigenvalue weighted by Gasteiger charge is -2.32. The maximum Gasteiger partial charge on any atom is 0.258 e. The summed E-state index contributed by atoms with van der Waals surface area (Å²) in [4.78, 5) is 4.04. The van der Waals surface area contributed by atoms with Crippen molar-refractivity contribution in [1.82, 2.24) is 15.0 Å². The molecule has 0 aliphatic heterocycles. The summed E-state index contributed by atoms with van der Waals surface area (Å²) in [5, 5.41) is 3.28. The lowest BCUT2D eigenvalue weighted by Crippen LogP contribution is -2.43. The van der Waals surface area contributed by atoms with E-state index in [9.17, 15) is 8.42 Å². The molecule has 2 N–H and O–H groups in total. The summed E-state index contributed by atoms with van der Waals surface area (Å²) in [6, 6.07) is 3.44. The third-order valence-electron chi connectivity index (χ3n) is 3.35. The molecule has 1 aromatic rings. The first-order chi connectivity index (χ1) is 9.01. The number of pyridine rings is 1. The first-order valence-electron chi connectivity index (χ1n) is 6.69. The Morgan fingerprint density at radius 3 is 2.63 bits per heavy atom. The van der Waals surface area contributed by atoms with Gasteiger partial charge in [0, 0.05) is 18.8 Å². The average molecular weight is 283 g/mol. The van der Waals surface area contributed by atoms with Crippen LogP contribution in [0.25, 0.3) is 0 Å². The standard InChI is InChI=1S/C13H21N3O2S/c1-3-14-8-11-4-5-13(15-9-11)19(17,18)16-12-6-10(2)7-12/h4-5,9-10,12,14,16H,3,6-8H2,1-2H3. The molecular weight excluding hydrogens is 262 g/mol. The number of hydrogen-bond acceptors (Lipinski definition) is 4. The molecule has 0 saturated heterocycles. The number of nitrogens with zero attached hydrogens (tertiary/aromatic N) is 1. The van der Waals surface area contributed by atoms with E-state index < -0.39 is 10.0 Å². The zero-order chi connectivity index (χ0) is 13.9. The molecule has 1 saturated carbocycles. The van der Waals surface area contributed by atoms with E-state index in [-0.39, 0.29) is 11.1 Å². The van der Waals surface area contributed by atoms with Crippen molar-refractivity contribution in [2.24, 2.45) is 5.92 Å². The molecule has 0 spiro atoms. The second-order valence-electron chi connectivity index (χ2n) is 5.18. The predicted molar refractivity (Wildman–Crippen MR) is 74.1 cm³/mol. The number of sulfonamides is 1. The summed E-state index contributed by atoms with van der Waals surface area (Å²) < 4.78 is 26.9. The maximum absolute atomic E-state index is 12.1. The fraction of sp³-hybridized carbons (Fsp3) is 0.615. The van der Waals surface area contributed by atoms with Crippen LogP contribution in [0.4, 0.5) is 0 Å². The summed E-state index contributed by atoms with van der Waals surface area (Å²) in [7, 11) is -3.46. The van der Waals surface area contributed by atoms with Crippen molar-refractivity contribution in [3.63, 3.8) is 0 Å². The van der Waals surface area contributed by atoms with E-state index in [1.807, 2.05) is 6.92 Å². The Morgan fingerprint density at radius 1 is 1.37 bits per heavy atom. The molecule has 0 unspecified atom stereocenters. The van der Waals surface area contributed by atoms with Crippen LogP contribution >= 0.6 is 0 Å². The van der Waals surface area contributed by atoms with Gasteiger partial charge in [-0.2, -0.15) is 0 Å². The van der Waals surface area contributed by atoms with E-state index in [0.29, 0.717) is 12.5 Å². The van der Waals surface area contributed by atoms with Crippen molar-refractivity contribution in [2.75, 3.05) is 6.54 Å². The summed E-state index contributed by atoms with van der Waals surface area (Å²) >= 11 is 0. The highest BCUT2D eigenvalue weighted by molar-refractivity contribution is 7.89. The molecular formula is C13H21N3O2S.